The van der Waals surface area contributed by atoms with Gasteiger partial charge in [-0.1, -0.05) is 66.2 Å². The van der Waals surface area contributed by atoms with Crippen molar-refractivity contribution in [2.24, 2.45) is 0 Å². The van der Waals surface area contributed by atoms with Gasteiger partial charge in [-0.15, -0.1) is 0 Å². The van der Waals surface area contributed by atoms with E-state index in [-0.39, 0.29) is 12.4 Å². The summed E-state index contributed by atoms with van der Waals surface area (Å²) in [4.78, 5) is 23.6. The third-order valence-electron chi connectivity index (χ3n) is 4.82. The van der Waals surface area contributed by atoms with Crippen LogP contribution in [0.2, 0.25) is 0 Å². The van der Waals surface area contributed by atoms with Crippen molar-refractivity contribution in [2.75, 3.05) is 0 Å². The number of aryl methyl sites for hydroxylation is 1. The maximum absolute atomic E-state index is 12.8. The van der Waals surface area contributed by atoms with Crippen molar-refractivity contribution in [3.8, 4) is 0 Å². The van der Waals surface area contributed by atoms with Crippen molar-refractivity contribution in [2.45, 2.75) is 33.1 Å². The van der Waals surface area contributed by atoms with E-state index in [1.54, 1.807) is 0 Å². The molecule has 0 bridgehead atoms. The maximum atomic E-state index is 12.8. The lowest BCUT2D eigenvalue weighted by molar-refractivity contribution is -0.149. The van der Waals surface area contributed by atoms with Crippen molar-refractivity contribution in [1.82, 2.24) is 4.57 Å². The molecule has 3 aromatic rings. The molecular weight excluding hydrogens is 378 g/mol. The van der Waals surface area contributed by atoms with E-state index in [1.165, 1.54) is 6.92 Å². The average Bonchev–Trinajstić information content (AvgIpc) is 3.21. The van der Waals surface area contributed by atoms with Crippen LogP contribution in [0.15, 0.2) is 72.9 Å². The van der Waals surface area contributed by atoms with E-state index < -0.39 is 12.1 Å². The number of aromatic nitrogens is 1. The first-order valence-corrected chi connectivity index (χ1v) is 9.80. The minimum Gasteiger partial charge on any atom is -0.479 e. The zero-order valence-electron chi connectivity index (χ0n) is 17.1. The normalized spacial score (nSPS) is 12.2. The molecule has 1 aromatic heterocycles. The van der Waals surface area contributed by atoms with Crippen LogP contribution < -0.4 is 0 Å². The fraction of sp³-hybridized carbons (Fsp3) is 0.200. The molecule has 0 aliphatic heterocycles. The maximum Gasteiger partial charge on any atom is 0.332 e. The highest BCUT2D eigenvalue weighted by Crippen LogP contribution is 2.13. The molecule has 0 spiro atoms. The van der Waals surface area contributed by atoms with Crippen molar-refractivity contribution in [3.05, 3.63) is 101 Å². The van der Waals surface area contributed by atoms with Crippen LogP contribution in [0.5, 0.6) is 0 Å². The third kappa shape index (κ3) is 5.55. The van der Waals surface area contributed by atoms with Crippen LogP contribution in [0.4, 0.5) is 0 Å². The van der Waals surface area contributed by atoms with E-state index in [4.69, 9.17) is 9.84 Å². The van der Waals surface area contributed by atoms with E-state index in [0.717, 1.165) is 16.7 Å². The van der Waals surface area contributed by atoms with Gasteiger partial charge in [0.05, 0.1) is 12.3 Å². The topological polar surface area (TPSA) is 68.5 Å². The number of hydrogen-bond acceptors (Lipinski definition) is 3. The predicted octanol–water partition coefficient (Wildman–Crippen LogP) is 4.73. The van der Waals surface area contributed by atoms with Gasteiger partial charge >= 0.3 is 5.97 Å². The van der Waals surface area contributed by atoms with Crippen LogP contribution >= 0.6 is 0 Å². The fourth-order valence-electron chi connectivity index (χ4n) is 2.95. The standard InChI is InChI=1S/C25H25NO4/c1-18-7-13-22(14-8-18)24(27)23-6-4-16-26(23)15-3-5-20-9-11-21(12-10-20)17-30-19(2)25(28)29/h3-14,16,19H,15,17H2,1-2H3,(H,28,29)/t19-/m1/s1. The van der Waals surface area contributed by atoms with Gasteiger partial charge in [0.1, 0.15) is 0 Å². The van der Waals surface area contributed by atoms with Gasteiger partial charge in [0.25, 0.3) is 0 Å². The average molecular weight is 403 g/mol. The van der Waals surface area contributed by atoms with Gasteiger partial charge in [0, 0.05) is 18.3 Å². The van der Waals surface area contributed by atoms with Crippen LogP contribution in [0.25, 0.3) is 6.08 Å². The minimum absolute atomic E-state index is 0.00772. The first-order chi connectivity index (χ1) is 14.4. The molecule has 30 heavy (non-hydrogen) atoms. The lowest BCUT2D eigenvalue weighted by atomic mass is 10.1. The quantitative estimate of drug-likeness (QED) is 0.525. The molecule has 1 N–H and O–H groups in total. The Kier molecular flexibility index (Phi) is 6.99. The van der Waals surface area contributed by atoms with E-state index >= 15 is 0 Å². The lowest BCUT2D eigenvalue weighted by Gasteiger charge is -2.08. The molecule has 154 valence electrons. The van der Waals surface area contributed by atoms with E-state index in [2.05, 4.69) is 0 Å². The van der Waals surface area contributed by atoms with Gasteiger partial charge in [0.2, 0.25) is 5.78 Å². The van der Waals surface area contributed by atoms with Gasteiger partial charge < -0.3 is 14.4 Å². The Bertz CT molecular complexity index is 1030. The summed E-state index contributed by atoms with van der Waals surface area (Å²) in [5, 5.41) is 8.85. The Balaban J connectivity index is 1.60. The SMILES string of the molecule is Cc1ccc(C(=O)c2cccn2CC=Cc2ccc(CO[C@H](C)C(=O)O)cc2)cc1. The number of hydrogen-bond donors (Lipinski definition) is 1. The van der Waals surface area contributed by atoms with Crippen LogP contribution in [-0.2, 0) is 22.7 Å². The Morgan fingerprint density at radius 1 is 1.07 bits per heavy atom. The number of carboxylic acid groups (broad SMARTS) is 1. The van der Waals surface area contributed by atoms with Crippen molar-refractivity contribution >= 4 is 17.8 Å². The van der Waals surface area contributed by atoms with Gasteiger partial charge in [-0.25, -0.2) is 4.79 Å². The summed E-state index contributed by atoms with van der Waals surface area (Å²) in [6, 6.07) is 19.0. The summed E-state index contributed by atoms with van der Waals surface area (Å²) in [7, 11) is 0. The monoisotopic (exact) mass is 403 g/mol. The Labute approximate surface area is 176 Å². The number of rotatable bonds is 9. The third-order valence-corrected chi connectivity index (χ3v) is 4.82. The highest BCUT2D eigenvalue weighted by molar-refractivity contribution is 6.08. The highest BCUT2D eigenvalue weighted by Gasteiger charge is 2.12. The van der Waals surface area contributed by atoms with Gasteiger partial charge in [-0.05, 0) is 37.1 Å². The van der Waals surface area contributed by atoms with Gasteiger partial charge in [-0.3, -0.25) is 4.79 Å². The van der Waals surface area contributed by atoms with Crippen molar-refractivity contribution in [1.29, 1.82) is 0 Å². The lowest BCUT2D eigenvalue weighted by Crippen LogP contribution is -2.19. The van der Waals surface area contributed by atoms with Crippen LogP contribution in [0.3, 0.4) is 0 Å². The first kappa shape index (κ1) is 21.3. The van der Waals surface area contributed by atoms with Crippen molar-refractivity contribution < 1.29 is 19.4 Å². The van der Waals surface area contributed by atoms with Crippen LogP contribution in [0.1, 0.15) is 39.7 Å². The molecule has 1 atom stereocenters. The zero-order valence-corrected chi connectivity index (χ0v) is 17.1. The molecule has 0 aliphatic rings. The molecule has 0 saturated heterocycles. The van der Waals surface area contributed by atoms with Gasteiger partial charge in [-0.2, -0.15) is 0 Å². The summed E-state index contributed by atoms with van der Waals surface area (Å²) in [5.41, 5.74) is 4.39. The number of carbonyl (C=O) groups is 2. The molecule has 0 fully saturated rings. The largest absolute Gasteiger partial charge is 0.479 e. The van der Waals surface area contributed by atoms with Crippen molar-refractivity contribution in [3.63, 3.8) is 0 Å². The van der Waals surface area contributed by atoms with E-state index in [1.807, 2.05) is 90.5 Å². The molecule has 0 unspecified atom stereocenters. The number of aliphatic carboxylic acids is 1. The van der Waals surface area contributed by atoms with E-state index in [9.17, 15) is 9.59 Å². The summed E-state index contributed by atoms with van der Waals surface area (Å²) >= 11 is 0. The summed E-state index contributed by atoms with van der Waals surface area (Å²) in [6.45, 7) is 4.35. The second-order valence-corrected chi connectivity index (χ2v) is 7.18. The molecule has 5 nitrogen and oxygen atoms in total. The Hall–Kier alpha value is -3.44. The predicted molar refractivity (Wildman–Crippen MR) is 116 cm³/mol. The molecule has 1 heterocycles. The first-order valence-electron chi connectivity index (χ1n) is 9.80. The Morgan fingerprint density at radius 2 is 1.77 bits per heavy atom. The van der Waals surface area contributed by atoms with Gasteiger partial charge in [0.15, 0.2) is 6.10 Å². The minimum atomic E-state index is -0.972. The molecule has 0 saturated carbocycles. The zero-order chi connectivity index (χ0) is 21.5. The molecular formula is C25H25NO4. The number of ether oxygens (including phenoxy) is 1. The number of ketones is 1. The number of benzene rings is 2. The number of carboxylic acids is 1. The summed E-state index contributed by atoms with van der Waals surface area (Å²) in [6.07, 6.45) is 5.06. The highest BCUT2D eigenvalue weighted by atomic mass is 16.5. The molecule has 0 amide bonds. The van der Waals surface area contributed by atoms with Crippen LogP contribution in [-0.4, -0.2) is 27.5 Å². The number of allylic oxidation sites excluding steroid dienone is 1. The molecule has 5 heteroatoms. The van der Waals surface area contributed by atoms with E-state index in [0.29, 0.717) is 17.8 Å². The second kappa shape index (κ2) is 9.85. The smallest absolute Gasteiger partial charge is 0.332 e. The second-order valence-electron chi connectivity index (χ2n) is 7.18. The fourth-order valence-corrected chi connectivity index (χ4v) is 2.95. The summed E-state index contributed by atoms with van der Waals surface area (Å²) < 4.78 is 7.21. The number of nitrogens with zero attached hydrogens (tertiary/aromatic N) is 1. The molecule has 0 aliphatic carbocycles. The Morgan fingerprint density at radius 3 is 2.43 bits per heavy atom. The van der Waals surface area contributed by atoms with Crippen LogP contribution in [0, 0.1) is 6.92 Å². The summed E-state index contributed by atoms with van der Waals surface area (Å²) in [5.74, 6) is -0.965. The molecule has 2 aromatic carbocycles. The molecule has 0 radical (unpaired) electrons. The number of carbonyl (C=O) groups excluding carboxylic acids is 1. The molecule has 3 rings (SSSR count).